The molecule has 0 aromatic heterocycles. The predicted molar refractivity (Wildman–Crippen MR) is 86.2 cm³/mol. The second-order valence-corrected chi connectivity index (χ2v) is 6.45. The molecular weight excluding hydrogens is 278 g/mol. The molecule has 1 fully saturated rings. The van der Waals surface area contributed by atoms with Crippen molar-refractivity contribution in [3.63, 3.8) is 0 Å². The van der Waals surface area contributed by atoms with Gasteiger partial charge in [-0.2, -0.15) is 0 Å². The molecule has 120 valence electrons. The lowest BCUT2D eigenvalue weighted by molar-refractivity contribution is 0.0882. The summed E-state index contributed by atoms with van der Waals surface area (Å²) in [6.45, 7) is 4.14. The molecule has 4 heteroatoms. The molecule has 0 bridgehead atoms. The number of rotatable bonds is 3. The molecule has 0 spiro atoms. The third kappa shape index (κ3) is 2.30. The van der Waals surface area contributed by atoms with Gasteiger partial charge in [-0.25, -0.2) is 0 Å². The summed E-state index contributed by atoms with van der Waals surface area (Å²) in [5, 5.41) is 0. The first-order valence-corrected chi connectivity index (χ1v) is 8.10. The number of carbonyl (C=O) groups excluding carboxylic acids is 1. The molecule has 2 aliphatic rings. The summed E-state index contributed by atoms with van der Waals surface area (Å²) < 4.78 is 11.2. The third-order valence-electron chi connectivity index (χ3n) is 5.24. The van der Waals surface area contributed by atoms with Crippen LogP contribution in [0, 0.1) is 5.92 Å². The highest BCUT2D eigenvalue weighted by molar-refractivity contribution is 6.02. The van der Waals surface area contributed by atoms with Crippen molar-refractivity contribution in [2.45, 2.75) is 32.1 Å². The van der Waals surface area contributed by atoms with Crippen molar-refractivity contribution in [3.8, 4) is 11.5 Å². The number of fused-ring (bicyclic) bond motifs is 3. The number of methoxy groups -OCH3 is 2. The molecule has 0 amide bonds. The average molecular weight is 303 g/mol. The minimum Gasteiger partial charge on any atom is -0.496 e. The third-order valence-corrected chi connectivity index (χ3v) is 5.24. The van der Waals surface area contributed by atoms with Gasteiger partial charge in [0.25, 0.3) is 0 Å². The number of likely N-dealkylation sites (tertiary alicyclic amines) is 1. The molecule has 1 aromatic rings. The number of hydrogen-bond donors (Lipinski definition) is 0. The van der Waals surface area contributed by atoms with Gasteiger partial charge in [-0.15, -0.1) is 0 Å². The summed E-state index contributed by atoms with van der Waals surface area (Å²) in [5.74, 6) is 2.67. The lowest BCUT2D eigenvalue weighted by Gasteiger charge is -2.41. The van der Waals surface area contributed by atoms with Gasteiger partial charge in [0.2, 0.25) is 0 Å². The largest absolute Gasteiger partial charge is 0.496 e. The van der Waals surface area contributed by atoms with E-state index in [9.17, 15) is 4.79 Å². The van der Waals surface area contributed by atoms with Gasteiger partial charge in [0, 0.05) is 24.4 Å². The Morgan fingerprint density at radius 1 is 1.32 bits per heavy atom. The molecule has 1 heterocycles. The molecule has 1 aliphatic carbocycles. The van der Waals surface area contributed by atoms with Crippen LogP contribution in [0.4, 0.5) is 0 Å². The predicted octanol–water partition coefficient (Wildman–Crippen LogP) is 2.89. The van der Waals surface area contributed by atoms with E-state index in [1.54, 1.807) is 14.2 Å². The number of carbonyl (C=O) groups is 1. The van der Waals surface area contributed by atoms with Gasteiger partial charge in [0.15, 0.2) is 5.78 Å². The number of ketones is 1. The first-order chi connectivity index (χ1) is 10.6. The molecule has 1 aliphatic heterocycles. The van der Waals surface area contributed by atoms with Crippen molar-refractivity contribution < 1.29 is 14.3 Å². The van der Waals surface area contributed by atoms with Gasteiger partial charge in [0.1, 0.15) is 11.5 Å². The molecule has 0 N–H and O–H groups in total. The number of benzene rings is 1. The van der Waals surface area contributed by atoms with Crippen molar-refractivity contribution in [1.29, 1.82) is 0 Å². The van der Waals surface area contributed by atoms with Crippen molar-refractivity contribution in [3.05, 3.63) is 22.8 Å². The Bertz CT molecular complexity index is 596. The van der Waals surface area contributed by atoms with Gasteiger partial charge < -0.3 is 14.4 Å². The standard InChI is InChI=1S/C18H25NO3/c1-5-12-16(21-3)9-13-14-10-19(2)7-6-11(14)8-15(20)17(13)18(12)22-4/h9,11,14H,5-8,10H2,1-4H3/t11-,14?/m1/s1. The van der Waals surface area contributed by atoms with Crippen LogP contribution in [-0.2, 0) is 6.42 Å². The molecule has 1 aromatic carbocycles. The van der Waals surface area contributed by atoms with Gasteiger partial charge in [-0.1, -0.05) is 6.92 Å². The second-order valence-electron chi connectivity index (χ2n) is 6.45. The Hall–Kier alpha value is -1.55. The second kappa shape index (κ2) is 5.92. The fourth-order valence-electron chi connectivity index (χ4n) is 4.12. The molecule has 0 saturated carbocycles. The maximum absolute atomic E-state index is 12.7. The summed E-state index contributed by atoms with van der Waals surface area (Å²) in [4.78, 5) is 15.1. The van der Waals surface area contributed by atoms with Crippen LogP contribution < -0.4 is 9.47 Å². The highest BCUT2D eigenvalue weighted by Gasteiger charge is 2.40. The topological polar surface area (TPSA) is 38.8 Å². The zero-order chi connectivity index (χ0) is 15.9. The Kier molecular flexibility index (Phi) is 4.13. The van der Waals surface area contributed by atoms with Crippen molar-refractivity contribution in [2.75, 3.05) is 34.4 Å². The monoisotopic (exact) mass is 303 g/mol. The number of nitrogens with zero attached hydrogens (tertiary/aromatic N) is 1. The first-order valence-electron chi connectivity index (χ1n) is 8.10. The lowest BCUT2D eigenvalue weighted by Crippen LogP contribution is -2.40. The normalized spacial score (nSPS) is 24.6. The summed E-state index contributed by atoms with van der Waals surface area (Å²) in [6, 6.07) is 2.09. The van der Waals surface area contributed by atoms with Crippen LogP contribution in [0.1, 0.15) is 47.2 Å². The lowest BCUT2D eigenvalue weighted by atomic mass is 9.70. The van der Waals surface area contributed by atoms with E-state index in [2.05, 4.69) is 24.9 Å². The fraction of sp³-hybridized carbons (Fsp3) is 0.611. The molecular formula is C18H25NO3. The number of hydrogen-bond acceptors (Lipinski definition) is 4. The minimum absolute atomic E-state index is 0.231. The van der Waals surface area contributed by atoms with E-state index in [0.29, 0.717) is 18.3 Å². The van der Waals surface area contributed by atoms with Crippen LogP contribution in [0.3, 0.4) is 0 Å². The summed E-state index contributed by atoms with van der Waals surface area (Å²) in [6.07, 6.45) is 2.53. The number of Topliss-reactive ketones (excluding diaryl/α,β-unsaturated/α-hetero) is 1. The summed E-state index contributed by atoms with van der Waals surface area (Å²) in [5.41, 5.74) is 2.93. The summed E-state index contributed by atoms with van der Waals surface area (Å²) in [7, 11) is 5.50. The number of ether oxygens (including phenoxy) is 2. The maximum Gasteiger partial charge on any atom is 0.167 e. The molecule has 22 heavy (non-hydrogen) atoms. The Balaban J connectivity index is 2.19. The number of piperidine rings is 1. The Morgan fingerprint density at radius 3 is 2.73 bits per heavy atom. The molecule has 1 saturated heterocycles. The van der Waals surface area contributed by atoms with E-state index < -0.39 is 0 Å². The molecule has 1 unspecified atom stereocenters. The van der Waals surface area contributed by atoms with Gasteiger partial charge >= 0.3 is 0 Å². The SMILES string of the molecule is CCc1c(OC)cc2c(c1OC)C(=O)C[C@H]1CCN(C)CC21. The Morgan fingerprint density at radius 2 is 2.09 bits per heavy atom. The van der Waals surface area contributed by atoms with E-state index >= 15 is 0 Å². The highest BCUT2D eigenvalue weighted by Crippen LogP contribution is 2.47. The van der Waals surface area contributed by atoms with E-state index in [-0.39, 0.29) is 5.78 Å². The molecule has 2 atom stereocenters. The first kappa shape index (κ1) is 15.3. The van der Waals surface area contributed by atoms with Crippen LogP contribution in [0.25, 0.3) is 0 Å². The quantitative estimate of drug-likeness (QED) is 0.860. The molecule has 4 nitrogen and oxygen atoms in total. The minimum atomic E-state index is 0.231. The van der Waals surface area contributed by atoms with E-state index in [0.717, 1.165) is 54.1 Å². The smallest absolute Gasteiger partial charge is 0.167 e. The molecule has 3 rings (SSSR count). The zero-order valence-electron chi connectivity index (χ0n) is 13.9. The van der Waals surface area contributed by atoms with Crippen LogP contribution in [0.15, 0.2) is 6.07 Å². The van der Waals surface area contributed by atoms with E-state index in [4.69, 9.17) is 9.47 Å². The molecule has 0 radical (unpaired) electrons. The van der Waals surface area contributed by atoms with Crippen LogP contribution >= 0.6 is 0 Å². The van der Waals surface area contributed by atoms with Gasteiger partial charge in [-0.05, 0) is 44.0 Å². The van der Waals surface area contributed by atoms with Crippen LogP contribution in [0.5, 0.6) is 11.5 Å². The van der Waals surface area contributed by atoms with E-state index in [1.165, 1.54) is 0 Å². The summed E-state index contributed by atoms with van der Waals surface area (Å²) >= 11 is 0. The average Bonchev–Trinajstić information content (AvgIpc) is 2.53. The van der Waals surface area contributed by atoms with Crippen molar-refractivity contribution in [1.82, 2.24) is 4.90 Å². The van der Waals surface area contributed by atoms with E-state index in [1.807, 2.05) is 0 Å². The van der Waals surface area contributed by atoms with Gasteiger partial charge in [-0.3, -0.25) is 4.79 Å². The van der Waals surface area contributed by atoms with Crippen LogP contribution in [0.2, 0.25) is 0 Å². The van der Waals surface area contributed by atoms with Crippen molar-refractivity contribution >= 4 is 5.78 Å². The number of likely N-dealkylation sites (N-methyl/N-ethyl adjacent to an activating group) is 1. The maximum atomic E-state index is 12.7. The zero-order valence-corrected chi connectivity index (χ0v) is 13.9. The van der Waals surface area contributed by atoms with Gasteiger partial charge in [0.05, 0.1) is 19.8 Å². The van der Waals surface area contributed by atoms with Crippen molar-refractivity contribution in [2.24, 2.45) is 5.92 Å². The van der Waals surface area contributed by atoms with Crippen LogP contribution in [-0.4, -0.2) is 45.0 Å². The fourth-order valence-corrected chi connectivity index (χ4v) is 4.12. The Labute approximate surface area is 132 Å². The highest BCUT2D eigenvalue weighted by atomic mass is 16.5.